The maximum Gasteiger partial charge on any atom is 0.339 e. The number of nitro benzene ring substituents is 1. The van der Waals surface area contributed by atoms with Crippen LogP contribution in [0.15, 0.2) is 18.2 Å². The number of carbonyl (C=O) groups excluding carboxylic acids is 2. The molecule has 0 saturated heterocycles. The van der Waals surface area contributed by atoms with E-state index in [1.165, 1.54) is 32.0 Å². The van der Waals surface area contributed by atoms with Crippen molar-refractivity contribution in [2.45, 2.75) is 33.8 Å². The summed E-state index contributed by atoms with van der Waals surface area (Å²) in [6.45, 7) is 6.45. The lowest BCUT2D eigenvalue weighted by molar-refractivity contribution is -0.385. The SMILES string of the molecule is Cc1nn(C)c(C)c1NC(=O)[C@@H](C)OC(=O)c1cccc([N+](=O)[O-])c1C. The number of hydrogen-bond donors (Lipinski definition) is 1. The smallest absolute Gasteiger partial charge is 0.339 e. The number of benzene rings is 1. The number of rotatable bonds is 5. The number of aryl methyl sites for hydroxylation is 2. The molecule has 1 amide bonds. The van der Waals surface area contributed by atoms with Crippen molar-refractivity contribution in [3.8, 4) is 0 Å². The van der Waals surface area contributed by atoms with Gasteiger partial charge in [0.2, 0.25) is 0 Å². The van der Waals surface area contributed by atoms with Crippen molar-refractivity contribution in [2.24, 2.45) is 7.05 Å². The van der Waals surface area contributed by atoms with Gasteiger partial charge in [-0.15, -0.1) is 0 Å². The predicted molar refractivity (Wildman–Crippen MR) is 94.0 cm³/mol. The number of hydrogen-bond acceptors (Lipinski definition) is 6. The van der Waals surface area contributed by atoms with Gasteiger partial charge in [0.05, 0.1) is 27.6 Å². The van der Waals surface area contributed by atoms with Gasteiger partial charge in [0, 0.05) is 18.7 Å². The number of nitrogens with one attached hydrogen (secondary N) is 1. The van der Waals surface area contributed by atoms with Gasteiger partial charge < -0.3 is 10.1 Å². The molecule has 1 atom stereocenters. The molecule has 0 saturated carbocycles. The van der Waals surface area contributed by atoms with E-state index in [9.17, 15) is 19.7 Å². The van der Waals surface area contributed by atoms with E-state index in [0.717, 1.165) is 5.69 Å². The van der Waals surface area contributed by atoms with Crippen LogP contribution < -0.4 is 5.32 Å². The number of esters is 1. The molecule has 1 N–H and O–H groups in total. The first kappa shape index (κ1) is 19.1. The Balaban J connectivity index is 2.13. The molecule has 0 fully saturated rings. The summed E-state index contributed by atoms with van der Waals surface area (Å²) < 4.78 is 6.80. The molecule has 0 spiro atoms. The van der Waals surface area contributed by atoms with Crippen LogP contribution in [0.5, 0.6) is 0 Å². The van der Waals surface area contributed by atoms with E-state index in [2.05, 4.69) is 10.4 Å². The quantitative estimate of drug-likeness (QED) is 0.497. The summed E-state index contributed by atoms with van der Waals surface area (Å²) in [6, 6.07) is 4.12. The zero-order chi connectivity index (χ0) is 19.6. The standard InChI is InChI=1S/C17H20N4O5/c1-9-13(7-6-8-14(9)21(24)25)17(23)26-12(4)16(22)18-15-10(2)19-20(5)11(15)3/h6-8,12H,1-5H3,(H,18,22)/t12-/m1/s1. The minimum atomic E-state index is -1.08. The van der Waals surface area contributed by atoms with Crippen LogP contribution in [0.1, 0.15) is 34.2 Å². The normalized spacial score (nSPS) is 11.7. The fourth-order valence-corrected chi connectivity index (χ4v) is 2.50. The highest BCUT2D eigenvalue weighted by molar-refractivity contribution is 5.98. The van der Waals surface area contributed by atoms with Crippen LogP contribution >= 0.6 is 0 Å². The monoisotopic (exact) mass is 360 g/mol. The number of nitrogens with zero attached hydrogens (tertiary/aromatic N) is 3. The van der Waals surface area contributed by atoms with Crippen LogP contribution in [0.4, 0.5) is 11.4 Å². The third-order valence-electron chi connectivity index (χ3n) is 4.13. The molecule has 9 heteroatoms. The molecule has 1 aromatic carbocycles. The molecule has 1 aromatic heterocycles. The molecule has 0 aliphatic carbocycles. The number of anilines is 1. The van der Waals surface area contributed by atoms with Crippen molar-refractivity contribution in [1.82, 2.24) is 9.78 Å². The average molecular weight is 360 g/mol. The van der Waals surface area contributed by atoms with Crippen LogP contribution in [-0.2, 0) is 16.6 Å². The number of ether oxygens (including phenoxy) is 1. The first-order chi connectivity index (χ1) is 12.1. The van der Waals surface area contributed by atoms with Gasteiger partial charge in [-0.1, -0.05) is 6.07 Å². The van der Waals surface area contributed by atoms with Crippen molar-refractivity contribution in [1.29, 1.82) is 0 Å². The lowest BCUT2D eigenvalue weighted by Gasteiger charge is -2.14. The Hall–Kier alpha value is -3.23. The molecule has 2 aromatic rings. The second-order valence-corrected chi connectivity index (χ2v) is 5.91. The minimum absolute atomic E-state index is 0.0487. The summed E-state index contributed by atoms with van der Waals surface area (Å²) in [7, 11) is 1.76. The Morgan fingerprint density at radius 3 is 2.50 bits per heavy atom. The molecule has 9 nitrogen and oxygen atoms in total. The number of nitro groups is 1. The zero-order valence-corrected chi connectivity index (χ0v) is 15.2. The summed E-state index contributed by atoms with van der Waals surface area (Å²) in [5.74, 6) is -1.31. The Kier molecular flexibility index (Phi) is 5.39. The highest BCUT2D eigenvalue weighted by Crippen LogP contribution is 2.23. The fourth-order valence-electron chi connectivity index (χ4n) is 2.50. The molecule has 26 heavy (non-hydrogen) atoms. The largest absolute Gasteiger partial charge is 0.449 e. The molecular weight excluding hydrogens is 340 g/mol. The average Bonchev–Trinajstić information content (AvgIpc) is 2.80. The molecule has 138 valence electrons. The first-order valence-corrected chi connectivity index (χ1v) is 7.89. The summed E-state index contributed by atoms with van der Waals surface area (Å²) in [5.41, 5.74) is 2.03. The highest BCUT2D eigenvalue weighted by atomic mass is 16.6. The van der Waals surface area contributed by atoms with E-state index in [1.54, 1.807) is 25.6 Å². The summed E-state index contributed by atoms with van der Waals surface area (Å²) >= 11 is 0. The van der Waals surface area contributed by atoms with Gasteiger partial charge >= 0.3 is 5.97 Å². The van der Waals surface area contributed by atoms with E-state index < -0.39 is 22.9 Å². The predicted octanol–water partition coefficient (Wildman–Crippen LogP) is 2.44. The summed E-state index contributed by atoms with van der Waals surface area (Å²) in [6.07, 6.45) is -1.08. The maximum atomic E-state index is 12.3. The summed E-state index contributed by atoms with van der Waals surface area (Å²) in [5, 5.41) is 17.9. The van der Waals surface area contributed by atoms with Gasteiger partial charge in [-0.2, -0.15) is 5.10 Å². The van der Waals surface area contributed by atoms with Crippen LogP contribution in [0.25, 0.3) is 0 Å². The van der Waals surface area contributed by atoms with Gasteiger partial charge in [-0.05, 0) is 33.8 Å². The Morgan fingerprint density at radius 1 is 1.31 bits per heavy atom. The molecule has 0 aliphatic heterocycles. The second kappa shape index (κ2) is 7.34. The van der Waals surface area contributed by atoms with E-state index in [-0.39, 0.29) is 16.8 Å². The molecule has 0 unspecified atom stereocenters. The third kappa shape index (κ3) is 3.71. The Labute approximate surface area is 150 Å². The van der Waals surface area contributed by atoms with E-state index >= 15 is 0 Å². The maximum absolute atomic E-state index is 12.3. The van der Waals surface area contributed by atoms with Gasteiger partial charge in [-0.25, -0.2) is 4.79 Å². The molecule has 0 bridgehead atoms. The van der Waals surface area contributed by atoms with Gasteiger partial charge in [0.1, 0.15) is 0 Å². The summed E-state index contributed by atoms with van der Waals surface area (Å²) in [4.78, 5) is 35.0. The molecule has 2 rings (SSSR count). The molecule has 0 aliphatic rings. The Morgan fingerprint density at radius 2 is 1.96 bits per heavy atom. The van der Waals surface area contributed by atoms with Gasteiger partial charge in [-0.3, -0.25) is 19.6 Å². The third-order valence-corrected chi connectivity index (χ3v) is 4.13. The first-order valence-electron chi connectivity index (χ1n) is 7.89. The Bertz CT molecular complexity index is 888. The van der Waals surface area contributed by atoms with Gasteiger partial charge in [0.15, 0.2) is 6.10 Å². The number of carbonyl (C=O) groups is 2. The van der Waals surface area contributed by atoms with E-state index in [4.69, 9.17) is 4.74 Å². The number of amides is 1. The van der Waals surface area contributed by atoms with Crippen molar-refractivity contribution in [3.63, 3.8) is 0 Å². The highest BCUT2D eigenvalue weighted by Gasteiger charge is 2.24. The molecule has 0 radical (unpaired) electrons. The number of aromatic nitrogens is 2. The lowest BCUT2D eigenvalue weighted by atomic mass is 10.1. The van der Waals surface area contributed by atoms with Crippen molar-refractivity contribution in [3.05, 3.63) is 50.8 Å². The van der Waals surface area contributed by atoms with E-state index in [0.29, 0.717) is 11.4 Å². The van der Waals surface area contributed by atoms with Crippen LogP contribution in [0, 0.1) is 30.9 Å². The van der Waals surface area contributed by atoms with Gasteiger partial charge in [0.25, 0.3) is 11.6 Å². The topological polar surface area (TPSA) is 116 Å². The van der Waals surface area contributed by atoms with E-state index in [1.807, 2.05) is 0 Å². The van der Waals surface area contributed by atoms with Crippen LogP contribution in [0.3, 0.4) is 0 Å². The second-order valence-electron chi connectivity index (χ2n) is 5.91. The minimum Gasteiger partial charge on any atom is -0.449 e. The fraction of sp³-hybridized carbons (Fsp3) is 0.353. The van der Waals surface area contributed by atoms with Crippen LogP contribution in [-0.4, -0.2) is 32.7 Å². The van der Waals surface area contributed by atoms with Crippen molar-refractivity contribution < 1.29 is 19.2 Å². The van der Waals surface area contributed by atoms with Crippen LogP contribution in [0.2, 0.25) is 0 Å². The zero-order valence-electron chi connectivity index (χ0n) is 15.2. The molecular formula is C17H20N4O5. The lowest BCUT2D eigenvalue weighted by Crippen LogP contribution is -2.30. The molecule has 1 heterocycles. The van der Waals surface area contributed by atoms with Crippen molar-refractivity contribution >= 4 is 23.3 Å². The van der Waals surface area contributed by atoms with Crippen molar-refractivity contribution in [2.75, 3.05) is 5.32 Å².